The van der Waals surface area contributed by atoms with E-state index in [1.807, 2.05) is 10.6 Å². The number of rotatable bonds is 11. The number of allylic oxidation sites excluding steroid dienone is 1. The first-order valence-electron chi connectivity index (χ1n) is 18.4. The molecule has 0 bridgehead atoms. The van der Waals surface area contributed by atoms with Gasteiger partial charge in [-0.15, -0.1) is 11.3 Å². The number of aromatic nitrogens is 2. The Labute approximate surface area is 340 Å². The molecule has 0 saturated carbocycles. The second-order valence-electron chi connectivity index (χ2n) is 12.4. The van der Waals surface area contributed by atoms with Crippen molar-refractivity contribution >= 4 is 67.6 Å². The van der Waals surface area contributed by atoms with Gasteiger partial charge in [-0.3, -0.25) is 13.9 Å². The molecule has 0 aliphatic carbocycles. The van der Waals surface area contributed by atoms with Crippen LogP contribution >= 0.6 is 34.4 Å². The van der Waals surface area contributed by atoms with Crippen LogP contribution in [-0.2, 0) is 27.7 Å². The fourth-order valence-electron chi connectivity index (χ4n) is 6.44. The molecule has 0 spiro atoms. The molecule has 6 aromatic rings. The quantitative estimate of drug-likeness (QED) is 0.104. The van der Waals surface area contributed by atoms with Crippen LogP contribution in [0.1, 0.15) is 43.8 Å². The minimum atomic E-state index is -4.17. The number of thioether (sulfide) groups is 1. The van der Waals surface area contributed by atoms with E-state index in [9.17, 15) is 13.2 Å². The van der Waals surface area contributed by atoms with Crippen molar-refractivity contribution in [2.24, 2.45) is 0 Å². The first kappa shape index (κ1) is 40.8. The summed E-state index contributed by atoms with van der Waals surface area (Å²) in [4.78, 5) is 18.7. The molecule has 3 heterocycles. The van der Waals surface area contributed by atoms with Crippen LogP contribution in [0, 0.1) is 0 Å². The molecule has 4 aromatic carbocycles. The van der Waals surface area contributed by atoms with E-state index < -0.39 is 10.4 Å². The van der Waals surface area contributed by atoms with E-state index in [4.69, 9.17) is 4.55 Å². The summed E-state index contributed by atoms with van der Waals surface area (Å²) in [5.41, 5.74) is 7.22. The minimum Gasteiger partial charge on any atom is -0.335 e. The van der Waals surface area contributed by atoms with Crippen molar-refractivity contribution in [1.29, 1.82) is 0 Å². The van der Waals surface area contributed by atoms with Gasteiger partial charge in [-0.1, -0.05) is 132 Å². The Morgan fingerprint density at radius 2 is 1.27 bits per heavy atom. The maximum Gasteiger partial charge on any atom is 0.397 e. The standard InChI is InChI=1S/C42H38N3OS3.C2H6O4S/c1-4-43-35(48-40(32-23-15-9-16-24-32)38(43)30-19-11-7-12-20-30)28-27-34-42(46)45(6-3)37(47-34)29-36-44(5-2)39(31-21-13-8-14-22-31)41(49-36)33-25-17-10-18-26-33;1-2-6-7(3,4)5/h7-29H,4-6H2,1-3H3;2H2,1H3,(H,3,4,5)/q+1;/b34-27+,35-28-;. The molecule has 0 saturated heterocycles. The smallest absolute Gasteiger partial charge is 0.335 e. The number of benzene rings is 4. The van der Waals surface area contributed by atoms with Gasteiger partial charge in [0, 0.05) is 23.6 Å². The average Bonchev–Trinajstić information content (AvgIpc) is 3.88. The maximum atomic E-state index is 13.9. The second kappa shape index (κ2) is 18.9. The van der Waals surface area contributed by atoms with Crippen molar-refractivity contribution in [3.63, 3.8) is 0 Å². The fourth-order valence-corrected chi connectivity index (χ4v) is 10.4. The van der Waals surface area contributed by atoms with Crippen LogP contribution < -0.4 is 19.3 Å². The van der Waals surface area contributed by atoms with Gasteiger partial charge in [0.05, 0.1) is 27.9 Å². The Morgan fingerprint density at radius 3 is 1.77 bits per heavy atom. The molecule has 7 rings (SSSR count). The first-order valence-corrected chi connectivity index (χ1v) is 22.2. The molecule has 12 heteroatoms. The lowest BCUT2D eigenvalue weighted by molar-refractivity contribution is -0.679. The summed E-state index contributed by atoms with van der Waals surface area (Å²) in [6.07, 6.45) is 6.35. The van der Waals surface area contributed by atoms with Gasteiger partial charge < -0.3 is 4.90 Å². The SMILES string of the molecule is CCN1C(c2ccccc2)=C(c2ccccc2)S/C1=C\C=c1\s/c(=C/c2sc(-c3ccccc3)c(-c3ccccc3)[n+]2CC)n(CC)c1=O.CCOS(=O)(=O)O. The first-order chi connectivity index (χ1) is 27.2. The summed E-state index contributed by atoms with van der Waals surface area (Å²) < 4.78 is 36.6. The van der Waals surface area contributed by atoms with Crippen LogP contribution in [0.2, 0.25) is 0 Å². The normalized spacial score (nSPS) is 14.4. The Hall–Kier alpha value is -4.82. The highest BCUT2D eigenvalue weighted by atomic mass is 32.3. The van der Waals surface area contributed by atoms with Crippen LogP contribution in [0.3, 0.4) is 0 Å². The summed E-state index contributed by atoms with van der Waals surface area (Å²) in [5.74, 6) is 0. The van der Waals surface area contributed by atoms with Crippen LogP contribution in [0.4, 0.5) is 0 Å². The van der Waals surface area contributed by atoms with Gasteiger partial charge in [-0.25, -0.2) is 4.18 Å². The van der Waals surface area contributed by atoms with Gasteiger partial charge in [-0.2, -0.15) is 13.0 Å². The van der Waals surface area contributed by atoms with Gasteiger partial charge in [0.25, 0.3) is 10.6 Å². The van der Waals surface area contributed by atoms with Crippen LogP contribution in [0.5, 0.6) is 0 Å². The van der Waals surface area contributed by atoms with Gasteiger partial charge in [-0.05, 0) is 68.7 Å². The Balaban J connectivity index is 0.000000695. The molecule has 1 N–H and O–H groups in total. The van der Waals surface area contributed by atoms with Gasteiger partial charge >= 0.3 is 10.4 Å². The molecule has 2 aromatic heterocycles. The van der Waals surface area contributed by atoms with Crippen molar-refractivity contribution in [3.8, 4) is 21.7 Å². The van der Waals surface area contributed by atoms with E-state index >= 15 is 0 Å². The van der Waals surface area contributed by atoms with E-state index in [1.165, 1.54) is 50.4 Å². The third-order valence-electron chi connectivity index (χ3n) is 8.86. The van der Waals surface area contributed by atoms with Crippen molar-refractivity contribution in [3.05, 3.63) is 168 Å². The van der Waals surface area contributed by atoms with Crippen molar-refractivity contribution < 1.29 is 21.7 Å². The van der Waals surface area contributed by atoms with Crippen LogP contribution in [0.25, 0.3) is 44.5 Å². The summed E-state index contributed by atoms with van der Waals surface area (Å²) in [7, 11) is -4.17. The van der Waals surface area contributed by atoms with Crippen LogP contribution in [0.15, 0.2) is 137 Å². The largest absolute Gasteiger partial charge is 0.397 e. The molecule has 8 nitrogen and oxygen atoms in total. The summed E-state index contributed by atoms with van der Waals surface area (Å²) >= 11 is 5.12. The number of hydrogen-bond acceptors (Lipinski definition) is 8. The highest BCUT2D eigenvalue weighted by molar-refractivity contribution is 8.12. The van der Waals surface area contributed by atoms with Crippen molar-refractivity contribution in [1.82, 2.24) is 9.47 Å². The van der Waals surface area contributed by atoms with Gasteiger partial charge in [0.1, 0.15) is 16.1 Å². The summed E-state index contributed by atoms with van der Waals surface area (Å²) in [6, 6.07) is 42.4. The number of hydrogen-bond donors (Lipinski definition) is 1. The van der Waals surface area contributed by atoms with E-state index in [1.54, 1.807) is 34.4 Å². The van der Waals surface area contributed by atoms with Gasteiger partial charge in [0.2, 0.25) is 5.69 Å². The molecule has 288 valence electrons. The zero-order chi connectivity index (χ0) is 39.7. The lowest BCUT2D eigenvalue weighted by Crippen LogP contribution is -2.36. The molecule has 0 atom stereocenters. The number of nitrogens with zero attached hydrogens (tertiary/aromatic N) is 3. The minimum absolute atomic E-state index is 0.0289. The molecule has 56 heavy (non-hydrogen) atoms. The molecule has 0 amide bonds. The average molecular weight is 823 g/mol. The topological polar surface area (TPSA) is 92.7 Å². The number of thiazole rings is 2. The predicted octanol–water partition coefficient (Wildman–Crippen LogP) is 8.50. The molecule has 1 aliphatic heterocycles. The van der Waals surface area contributed by atoms with E-state index in [0.29, 0.717) is 6.54 Å². The molecule has 1 aliphatic rings. The zero-order valence-electron chi connectivity index (χ0n) is 31.7. The maximum absolute atomic E-state index is 13.9. The van der Waals surface area contributed by atoms with Crippen molar-refractivity contribution in [2.45, 2.75) is 40.8 Å². The van der Waals surface area contributed by atoms with E-state index in [-0.39, 0.29) is 12.2 Å². The van der Waals surface area contributed by atoms with E-state index in [0.717, 1.165) is 32.3 Å². The molecule has 0 radical (unpaired) electrons. The molecular weight excluding hydrogens is 779 g/mol. The van der Waals surface area contributed by atoms with Crippen molar-refractivity contribution in [2.75, 3.05) is 13.2 Å². The highest BCUT2D eigenvalue weighted by Crippen LogP contribution is 2.50. The Morgan fingerprint density at radius 1 is 0.714 bits per heavy atom. The van der Waals surface area contributed by atoms with E-state index in [2.05, 4.69) is 168 Å². The highest BCUT2D eigenvalue weighted by Gasteiger charge is 2.29. The summed E-state index contributed by atoms with van der Waals surface area (Å²) in [5, 5.41) is 2.24. The Kier molecular flexibility index (Phi) is 13.8. The van der Waals surface area contributed by atoms with Crippen LogP contribution in [-0.4, -0.2) is 35.6 Å². The third-order valence-corrected chi connectivity index (χ3v) is 12.8. The predicted molar refractivity (Wildman–Crippen MR) is 234 cm³/mol. The third kappa shape index (κ3) is 9.40. The Bertz CT molecular complexity index is 2620. The van der Waals surface area contributed by atoms with Gasteiger partial charge in [0.15, 0.2) is 0 Å². The fraction of sp³-hybridized carbons (Fsp3) is 0.182. The zero-order valence-corrected chi connectivity index (χ0v) is 34.9. The molecule has 0 unspecified atom stereocenters. The lowest BCUT2D eigenvalue weighted by atomic mass is 10.1. The molecule has 0 fully saturated rings. The second-order valence-corrected chi connectivity index (χ2v) is 16.6. The molecular formula is C44H44N3O5S4+. The summed E-state index contributed by atoms with van der Waals surface area (Å²) in [6.45, 7) is 10.1. The lowest BCUT2D eigenvalue weighted by Gasteiger charge is -2.21. The monoisotopic (exact) mass is 822 g/mol.